The van der Waals surface area contributed by atoms with Crippen LogP contribution in [-0.2, 0) is 6.42 Å². The van der Waals surface area contributed by atoms with Crippen molar-refractivity contribution < 1.29 is 4.79 Å². The van der Waals surface area contributed by atoms with Crippen LogP contribution in [0.25, 0.3) is 0 Å². The van der Waals surface area contributed by atoms with Crippen molar-refractivity contribution in [3.63, 3.8) is 0 Å². The molecule has 0 radical (unpaired) electrons. The van der Waals surface area contributed by atoms with Gasteiger partial charge in [-0.1, -0.05) is 6.92 Å². The van der Waals surface area contributed by atoms with E-state index in [9.17, 15) is 4.79 Å². The van der Waals surface area contributed by atoms with Gasteiger partial charge in [0.15, 0.2) is 5.78 Å². The number of Topliss-reactive ketones (excluding diaryl/α,β-unsaturated/α-hetero) is 1. The molecule has 0 spiro atoms. The van der Waals surface area contributed by atoms with Crippen LogP contribution in [0.1, 0.15) is 35.3 Å². The fourth-order valence-electron chi connectivity index (χ4n) is 1.23. The highest BCUT2D eigenvalue weighted by Crippen LogP contribution is 2.20. The lowest BCUT2D eigenvalue weighted by Gasteiger charge is -2.05. The van der Waals surface area contributed by atoms with Gasteiger partial charge in [0.25, 0.3) is 0 Å². The van der Waals surface area contributed by atoms with E-state index < -0.39 is 0 Å². The van der Waals surface area contributed by atoms with E-state index in [0.29, 0.717) is 11.1 Å². The first kappa shape index (κ1) is 11.2. The van der Waals surface area contributed by atoms with Crippen molar-refractivity contribution in [3.8, 4) is 6.07 Å². The zero-order valence-electron chi connectivity index (χ0n) is 8.10. The predicted octanol–water partition coefficient (Wildman–Crippen LogP) is 2.93. The van der Waals surface area contributed by atoms with E-state index in [4.69, 9.17) is 5.26 Å². The third kappa shape index (κ3) is 2.13. The van der Waals surface area contributed by atoms with E-state index >= 15 is 0 Å². The summed E-state index contributed by atoms with van der Waals surface area (Å²) in [5.74, 6) is 0.00704. The minimum Gasteiger partial charge on any atom is -0.295 e. The van der Waals surface area contributed by atoms with Crippen LogP contribution in [0.15, 0.2) is 12.1 Å². The molecule has 3 heteroatoms. The van der Waals surface area contributed by atoms with Gasteiger partial charge in [0.05, 0.1) is 5.56 Å². The van der Waals surface area contributed by atoms with Crippen molar-refractivity contribution in [1.82, 2.24) is 0 Å². The van der Waals surface area contributed by atoms with E-state index in [1.807, 2.05) is 13.0 Å². The van der Waals surface area contributed by atoms with Crippen molar-refractivity contribution in [1.29, 1.82) is 5.26 Å². The maximum Gasteiger partial charge on any atom is 0.159 e. The van der Waals surface area contributed by atoms with Gasteiger partial charge in [-0.2, -0.15) is 5.26 Å². The number of ketones is 1. The van der Waals surface area contributed by atoms with Crippen LogP contribution in [0.3, 0.4) is 0 Å². The zero-order chi connectivity index (χ0) is 10.7. The van der Waals surface area contributed by atoms with E-state index in [2.05, 4.69) is 28.7 Å². The average Bonchev–Trinajstić information content (AvgIpc) is 2.17. The maximum absolute atomic E-state index is 11.2. The quantitative estimate of drug-likeness (QED) is 0.622. The molecule has 1 aromatic carbocycles. The van der Waals surface area contributed by atoms with Gasteiger partial charge in [-0.25, -0.2) is 0 Å². The first-order valence-corrected chi connectivity index (χ1v) is 5.41. The molecule has 0 fully saturated rings. The second-order valence-corrected chi connectivity index (χ2v) is 4.10. The molecule has 0 amide bonds. The smallest absolute Gasteiger partial charge is 0.159 e. The third-order valence-corrected chi connectivity index (χ3v) is 3.33. The molecule has 0 atom stereocenters. The molecule has 0 N–H and O–H groups in total. The summed E-state index contributed by atoms with van der Waals surface area (Å²) in [6, 6.07) is 5.63. The summed E-state index contributed by atoms with van der Waals surface area (Å²) in [6.07, 6.45) is 0.841. The Morgan fingerprint density at radius 2 is 2.21 bits per heavy atom. The van der Waals surface area contributed by atoms with Crippen LogP contribution >= 0.6 is 22.6 Å². The minimum atomic E-state index is 0.00704. The van der Waals surface area contributed by atoms with Crippen LogP contribution in [-0.4, -0.2) is 5.78 Å². The highest BCUT2D eigenvalue weighted by molar-refractivity contribution is 14.1. The second-order valence-electron chi connectivity index (χ2n) is 3.02. The topological polar surface area (TPSA) is 40.9 Å². The fraction of sp³-hybridized carbons (Fsp3) is 0.273. The Hall–Kier alpha value is -0.890. The monoisotopic (exact) mass is 299 g/mol. The summed E-state index contributed by atoms with van der Waals surface area (Å²) in [6.45, 7) is 3.53. The van der Waals surface area contributed by atoms with Gasteiger partial charge in [0, 0.05) is 9.13 Å². The Labute approximate surface area is 97.1 Å². The number of rotatable bonds is 2. The normalized spacial score (nSPS) is 9.57. The number of aryl methyl sites for hydroxylation is 1. The number of hydrogen-bond donors (Lipinski definition) is 0. The Kier molecular flexibility index (Phi) is 3.64. The standard InChI is InChI=1S/C11H10INO/c1-3-8-4-9(7(2)14)5-10(6-13)11(8)12/h4-5H,3H2,1-2H3. The molecule has 1 aromatic rings. The number of halogens is 1. The van der Waals surface area contributed by atoms with Gasteiger partial charge in [-0.3, -0.25) is 4.79 Å². The second kappa shape index (κ2) is 4.56. The molecule has 0 aromatic heterocycles. The van der Waals surface area contributed by atoms with E-state index in [-0.39, 0.29) is 5.78 Å². The predicted molar refractivity (Wildman–Crippen MR) is 63.3 cm³/mol. The molecule has 2 nitrogen and oxygen atoms in total. The SMILES string of the molecule is CCc1cc(C(C)=O)cc(C#N)c1I. The van der Waals surface area contributed by atoms with Crippen molar-refractivity contribution in [2.24, 2.45) is 0 Å². The Balaban J connectivity index is 3.41. The lowest BCUT2D eigenvalue weighted by Crippen LogP contribution is -1.99. The molecule has 0 aliphatic heterocycles. The van der Waals surface area contributed by atoms with Gasteiger partial charge in [0.1, 0.15) is 6.07 Å². The van der Waals surface area contributed by atoms with Gasteiger partial charge in [-0.05, 0) is 53.6 Å². The summed E-state index contributed by atoms with van der Waals surface area (Å²) >= 11 is 2.15. The Morgan fingerprint density at radius 1 is 1.57 bits per heavy atom. The van der Waals surface area contributed by atoms with Crippen LogP contribution in [0.5, 0.6) is 0 Å². The lowest BCUT2D eigenvalue weighted by atomic mass is 10.0. The molecule has 0 aliphatic carbocycles. The number of benzene rings is 1. The molecule has 14 heavy (non-hydrogen) atoms. The molecule has 0 bridgehead atoms. The number of hydrogen-bond acceptors (Lipinski definition) is 2. The van der Waals surface area contributed by atoms with Gasteiger partial charge < -0.3 is 0 Å². The molecule has 1 rings (SSSR count). The van der Waals surface area contributed by atoms with E-state index in [1.165, 1.54) is 6.92 Å². The number of carbonyl (C=O) groups is 1. The van der Waals surface area contributed by atoms with E-state index in [1.54, 1.807) is 6.07 Å². The molecule has 0 saturated heterocycles. The van der Waals surface area contributed by atoms with Crippen molar-refractivity contribution >= 4 is 28.4 Å². The molecule has 72 valence electrons. The van der Waals surface area contributed by atoms with Crippen molar-refractivity contribution in [2.45, 2.75) is 20.3 Å². The molecule has 0 heterocycles. The van der Waals surface area contributed by atoms with Crippen LogP contribution in [0.4, 0.5) is 0 Å². The fourth-order valence-corrected chi connectivity index (χ4v) is 2.04. The first-order chi connectivity index (χ1) is 6.60. The number of carbonyl (C=O) groups excluding carboxylic acids is 1. The molecule has 0 saturated carbocycles. The summed E-state index contributed by atoms with van der Waals surface area (Å²) in [5.41, 5.74) is 2.28. The van der Waals surface area contributed by atoms with Crippen LogP contribution in [0.2, 0.25) is 0 Å². The Bertz CT molecular complexity index is 418. The lowest BCUT2D eigenvalue weighted by molar-refractivity contribution is 0.101. The number of nitrogens with zero attached hydrogens (tertiary/aromatic N) is 1. The molecular formula is C11H10INO. The van der Waals surface area contributed by atoms with Crippen molar-refractivity contribution in [2.75, 3.05) is 0 Å². The van der Waals surface area contributed by atoms with E-state index in [0.717, 1.165) is 15.6 Å². The summed E-state index contributed by atoms with van der Waals surface area (Å²) in [4.78, 5) is 11.2. The summed E-state index contributed by atoms with van der Waals surface area (Å²) in [7, 11) is 0. The maximum atomic E-state index is 11.2. The third-order valence-electron chi connectivity index (χ3n) is 2.06. The van der Waals surface area contributed by atoms with Gasteiger partial charge >= 0.3 is 0 Å². The molecule has 0 aliphatic rings. The zero-order valence-corrected chi connectivity index (χ0v) is 10.3. The van der Waals surface area contributed by atoms with Crippen LogP contribution in [0, 0.1) is 14.9 Å². The van der Waals surface area contributed by atoms with Gasteiger partial charge in [-0.15, -0.1) is 0 Å². The highest BCUT2D eigenvalue weighted by Gasteiger charge is 2.09. The van der Waals surface area contributed by atoms with Crippen LogP contribution < -0.4 is 0 Å². The average molecular weight is 299 g/mol. The first-order valence-electron chi connectivity index (χ1n) is 4.33. The molecular weight excluding hydrogens is 289 g/mol. The minimum absolute atomic E-state index is 0.00704. The van der Waals surface area contributed by atoms with Crippen molar-refractivity contribution in [3.05, 3.63) is 32.4 Å². The molecule has 0 unspecified atom stereocenters. The van der Waals surface area contributed by atoms with Gasteiger partial charge in [0.2, 0.25) is 0 Å². The largest absolute Gasteiger partial charge is 0.295 e. The highest BCUT2D eigenvalue weighted by atomic mass is 127. The summed E-state index contributed by atoms with van der Waals surface area (Å²) < 4.78 is 0.956. The number of nitriles is 1. The Morgan fingerprint density at radius 3 is 2.64 bits per heavy atom. The summed E-state index contributed by atoms with van der Waals surface area (Å²) in [5, 5.41) is 8.88.